The minimum Gasteiger partial charge on any atom is -0.319 e. The first-order chi connectivity index (χ1) is 17.5. The van der Waals surface area contributed by atoms with Crippen molar-refractivity contribution in [1.82, 2.24) is 10.2 Å². The molecule has 36 heavy (non-hydrogen) atoms. The molecule has 3 saturated carbocycles. The Labute approximate surface area is 227 Å². The molecule has 0 aromatic carbocycles. The lowest BCUT2D eigenvalue weighted by atomic mass is 9.75. The molecule has 3 rings (SSSR count). The predicted molar refractivity (Wildman–Crippen MR) is 160 cm³/mol. The summed E-state index contributed by atoms with van der Waals surface area (Å²) in [5.41, 5.74) is 0. The molecule has 0 radical (unpaired) electrons. The van der Waals surface area contributed by atoms with E-state index in [0.29, 0.717) is 0 Å². The maximum Gasteiger partial charge on any atom is 0.0106 e. The molecule has 0 aromatic heterocycles. The van der Waals surface area contributed by atoms with Gasteiger partial charge in [0.2, 0.25) is 0 Å². The summed E-state index contributed by atoms with van der Waals surface area (Å²) in [4.78, 5) is 3.11. The molecule has 0 amide bonds. The van der Waals surface area contributed by atoms with Crippen molar-refractivity contribution < 1.29 is 0 Å². The summed E-state index contributed by atoms with van der Waals surface area (Å²) in [5, 5.41) is 3.48. The Hall–Kier alpha value is -0.0800. The van der Waals surface area contributed by atoms with E-state index in [1.165, 1.54) is 135 Å². The lowest BCUT2D eigenvalue weighted by Crippen LogP contribution is -2.53. The molecule has 1 N–H and O–H groups in total. The summed E-state index contributed by atoms with van der Waals surface area (Å²) in [6.07, 6.45) is 29.4. The monoisotopic (exact) mass is 503 g/mol. The van der Waals surface area contributed by atoms with Crippen molar-refractivity contribution in [2.24, 2.45) is 29.6 Å². The van der Waals surface area contributed by atoms with E-state index >= 15 is 0 Å². The molecule has 2 nitrogen and oxygen atoms in total. The third-order valence-electron chi connectivity index (χ3n) is 10.8. The highest BCUT2D eigenvalue weighted by atomic mass is 15.2. The second-order valence-corrected chi connectivity index (χ2v) is 14.0. The SMILES string of the molecule is CCCC(CC)CCC(CCCCCCCC1CC(N(C2CCC(C)C2)C2CCC(C)C2)C1)CNC. The van der Waals surface area contributed by atoms with Crippen molar-refractivity contribution in [2.75, 3.05) is 13.6 Å². The van der Waals surface area contributed by atoms with Crippen LogP contribution in [0.25, 0.3) is 0 Å². The zero-order valence-corrected chi connectivity index (χ0v) is 25.4. The van der Waals surface area contributed by atoms with Crippen molar-refractivity contribution in [2.45, 2.75) is 174 Å². The van der Waals surface area contributed by atoms with Crippen LogP contribution in [0.2, 0.25) is 0 Å². The summed E-state index contributed by atoms with van der Waals surface area (Å²) in [6.45, 7) is 10.9. The van der Waals surface area contributed by atoms with Crippen LogP contribution in [0.5, 0.6) is 0 Å². The van der Waals surface area contributed by atoms with Gasteiger partial charge in [0.1, 0.15) is 0 Å². The minimum atomic E-state index is 0.904. The van der Waals surface area contributed by atoms with Gasteiger partial charge in [-0.2, -0.15) is 0 Å². The molecule has 6 unspecified atom stereocenters. The molecular formula is C34H66N2. The summed E-state index contributed by atoms with van der Waals surface area (Å²) in [7, 11) is 2.14. The smallest absolute Gasteiger partial charge is 0.0106 e. The standard InChI is InChI=1S/C34H66N2/c1-6-13-29(7-2)18-19-30(26-35-5)14-11-9-8-10-12-15-31-24-34(25-31)36(32-20-16-27(3)22-32)33-21-17-28(4)23-33/h27-35H,6-26H2,1-5H3. The van der Waals surface area contributed by atoms with E-state index in [0.717, 1.165) is 47.7 Å². The van der Waals surface area contributed by atoms with Crippen LogP contribution < -0.4 is 5.32 Å². The summed E-state index contributed by atoms with van der Waals surface area (Å²) < 4.78 is 0. The molecule has 3 fully saturated rings. The fourth-order valence-electron chi connectivity index (χ4n) is 8.44. The molecular weight excluding hydrogens is 436 g/mol. The number of nitrogens with one attached hydrogen (secondary N) is 1. The molecule has 212 valence electrons. The largest absolute Gasteiger partial charge is 0.319 e. The van der Waals surface area contributed by atoms with E-state index in [9.17, 15) is 0 Å². The van der Waals surface area contributed by atoms with Crippen LogP contribution in [-0.4, -0.2) is 36.6 Å². The lowest BCUT2D eigenvalue weighted by Gasteiger charge is -2.49. The van der Waals surface area contributed by atoms with Gasteiger partial charge in [0.25, 0.3) is 0 Å². The first-order valence-electron chi connectivity index (χ1n) is 17.0. The molecule has 2 heteroatoms. The predicted octanol–water partition coefficient (Wildman–Crippen LogP) is 9.62. The van der Waals surface area contributed by atoms with Crippen LogP contribution in [0.3, 0.4) is 0 Å². The molecule has 3 aliphatic carbocycles. The number of nitrogens with zero attached hydrogens (tertiary/aromatic N) is 1. The zero-order valence-electron chi connectivity index (χ0n) is 25.4. The van der Waals surface area contributed by atoms with Gasteiger partial charge in [0.05, 0.1) is 0 Å². The van der Waals surface area contributed by atoms with Crippen LogP contribution in [-0.2, 0) is 0 Å². The lowest BCUT2D eigenvalue weighted by molar-refractivity contribution is 0.00414. The molecule has 0 spiro atoms. The topological polar surface area (TPSA) is 15.3 Å². The van der Waals surface area contributed by atoms with E-state index < -0.39 is 0 Å². The zero-order chi connectivity index (χ0) is 25.8. The van der Waals surface area contributed by atoms with E-state index in [-0.39, 0.29) is 0 Å². The van der Waals surface area contributed by atoms with Crippen molar-refractivity contribution in [3.63, 3.8) is 0 Å². The molecule has 0 heterocycles. The first kappa shape index (κ1) is 30.5. The van der Waals surface area contributed by atoms with Gasteiger partial charge in [-0.25, -0.2) is 0 Å². The Morgan fingerprint density at radius 3 is 1.83 bits per heavy atom. The summed E-state index contributed by atoms with van der Waals surface area (Å²) in [6, 6.07) is 2.79. The van der Waals surface area contributed by atoms with Gasteiger partial charge in [0.15, 0.2) is 0 Å². The first-order valence-corrected chi connectivity index (χ1v) is 17.0. The highest BCUT2D eigenvalue weighted by molar-refractivity contribution is 4.97. The third-order valence-corrected chi connectivity index (χ3v) is 10.8. The Morgan fingerprint density at radius 1 is 0.667 bits per heavy atom. The van der Waals surface area contributed by atoms with Crippen LogP contribution in [0.15, 0.2) is 0 Å². The van der Waals surface area contributed by atoms with Crippen LogP contribution in [0.1, 0.15) is 156 Å². The highest BCUT2D eigenvalue weighted by Gasteiger charge is 2.43. The average molecular weight is 503 g/mol. The normalized spacial score (nSPS) is 32.2. The number of unbranched alkanes of at least 4 members (excludes halogenated alkanes) is 4. The fraction of sp³-hybridized carbons (Fsp3) is 1.00. The van der Waals surface area contributed by atoms with Gasteiger partial charge in [0, 0.05) is 18.1 Å². The molecule has 0 aliphatic heterocycles. The molecule has 0 saturated heterocycles. The Balaban J connectivity index is 1.25. The van der Waals surface area contributed by atoms with Crippen molar-refractivity contribution in [1.29, 1.82) is 0 Å². The number of hydrogen-bond donors (Lipinski definition) is 1. The highest BCUT2D eigenvalue weighted by Crippen LogP contribution is 2.44. The quantitative estimate of drug-likeness (QED) is 0.177. The third kappa shape index (κ3) is 9.91. The molecule has 0 bridgehead atoms. The number of hydrogen-bond acceptors (Lipinski definition) is 2. The Kier molecular flexibility index (Phi) is 14.2. The Morgan fingerprint density at radius 2 is 1.28 bits per heavy atom. The van der Waals surface area contributed by atoms with Crippen molar-refractivity contribution in [3.8, 4) is 0 Å². The van der Waals surface area contributed by atoms with Crippen LogP contribution in [0, 0.1) is 29.6 Å². The molecule has 3 aliphatic rings. The van der Waals surface area contributed by atoms with Gasteiger partial charge in [-0.1, -0.05) is 91.9 Å². The minimum absolute atomic E-state index is 0.904. The van der Waals surface area contributed by atoms with E-state index in [1.54, 1.807) is 0 Å². The summed E-state index contributed by atoms with van der Waals surface area (Å²) in [5.74, 6) is 4.85. The van der Waals surface area contributed by atoms with Crippen molar-refractivity contribution in [3.05, 3.63) is 0 Å². The van der Waals surface area contributed by atoms with Gasteiger partial charge < -0.3 is 5.32 Å². The molecule has 6 atom stereocenters. The van der Waals surface area contributed by atoms with E-state index in [4.69, 9.17) is 0 Å². The maximum atomic E-state index is 3.48. The second kappa shape index (κ2) is 16.8. The Bertz CT molecular complexity index is 535. The number of rotatable bonds is 19. The summed E-state index contributed by atoms with van der Waals surface area (Å²) >= 11 is 0. The van der Waals surface area contributed by atoms with Gasteiger partial charge in [-0.3, -0.25) is 4.90 Å². The fourth-order valence-corrected chi connectivity index (χ4v) is 8.44. The maximum absolute atomic E-state index is 3.48. The van der Waals surface area contributed by atoms with E-state index in [1.807, 2.05) is 0 Å². The second-order valence-electron chi connectivity index (χ2n) is 14.0. The van der Waals surface area contributed by atoms with Gasteiger partial charge >= 0.3 is 0 Å². The van der Waals surface area contributed by atoms with E-state index in [2.05, 4.69) is 45.0 Å². The van der Waals surface area contributed by atoms with Gasteiger partial charge in [-0.05, 0) is 107 Å². The van der Waals surface area contributed by atoms with Crippen LogP contribution in [0.4, 0.5) is 0 Å². The van der Waals surface area contributed by atoms with Crippen molar-refractivity contribution >= 4 is 0 Å². The average Bonchev–Trinajstić information content (AvgIpc) is 3.46. The van der Waals surface area contributed by atoms with Crippen LogP contribution >= 0.6 is 0 Å². The molecule has 0 aromatic rings. The van der Waals surface area contributed by atoms with Gasteiger partial charge in [-0.15, -0.1) is 0 Å².